The highest BCUT2D eigenvalue weighted by Gasteiger charge is 2.34. The number of hydrogen-bond acceptors (Lipinski definition) is 5. The summed E-state index contributed by atoms with van der Waals surface area (Å²) in [6, 6.07) is 1.64. The maximum Gasteiger partial charge on any atom is 0.341 e. The summed E-state index contributed by atoms with van der Waals surface area (Å²) in [4.78, 5) is 12.0. The van der Waals surface area contributed by atoms with E-state index >= 15 is 0 Å². The van der Waals surface area contributed by atoms with Crippen LogP contribution in [0.3, 0.4) is 0 Å². The number of esters is 1. The Labute approximate surface area is 112 Å². The van der Waals surface area contributed by atoms with Gasteiger partial charge in [0.05, 0.1) is 5.25 Å². The molecule has 106 valence electrons. The molecule has 0 aromatic carbocycles. The predicted molar refractivity (Wildman–Crippen MR) is 69.9 cm³/mol. The molecule has 5 nitrogen and oxygen atoms in total. The Morgan fingerprint density at radius 3 is 2.53 bits per heavy atom. The average molecular weight is 286 g/mol. The molecule has 1 aliphatic rings. The molecule has 0 N–H and O–H groups in total. The molecular weight excluding hydrogens is 268 g/mol. The van der Waals surface area contributed by atoms with Gasteiger partial charge in [0, 0.05) is 12.7 Å². The predicted octanol–water partition coefficient (Wildman–Crippen LogP) is 2.02. The second-order valence-corrected chi connectivity index (χ2v) is 7.44. The van der Waals surface area contributed by atoms with E-state index < -0.39 is 21.1 Å². The Morgan fingerprint density at radius 2 is 2.05 bits per heavy atom. The molecule has 1 aliphatic carbocycles. The van der Waals surface area contributed by atoms with E-state index in [-0.39, 0.29) is 6.10 Å². The van der Waals surface area contributed by atoms with Crippen LogP contribution in [0.4, 0.5) is 0 Å². The molecule has 1 saturated carbocycles. The summed E-state index contributed by atoms with van der Waals surface area (Å²) in [7, 11) is -3.05. The van der Waals surface area contributed by atoms with Crippen molar-refractivity contribution in [2.24, 2.45) is 0 Å². The molecule has 0 saturated heterocycles. The van der Waals surface area contributed by atoms with Crippen LogP contribution in [0.2, 0.25) is 0 Å². The highest BCUT2D eigenvalue weighted by molar-refractivity contribution is 7.91. The van der Waals surface area contributed by atoms with E-state index in [1.807, 2.05) is 0 Å². The Morgan fingerprint density at radius 1 is 1.37 bits per heavy atom. The van der Waals surface area contributed by atoms with Gasteiger partial charge in [0.2, 0.25) is 0 Å². The highest BCUT2D eigenvalue weighted by Crippen LogP contribution is 2.28. The summed E-state index contributed by atoms with van der Waals surface area (Å²) in [6.45, 7) is 3.47. The van der Waals surface area contributed by atoms with E-state index in [9.17, 15) is 13.2 Å². The maximum absolute atomic E-state index is 12.0. The normalized spacial score (nSPS) is 23.5. The third-order valence-electron chi connectivity index (χ3n) is 3.48. The number of sulfone groups is 1. The van der Waals surface area contributed by atoms with Crippen molar-refractivity contribution >= 4 is 15.8 Å². The first-order chi connectivity index (χ1) is 8.77. The molecule has 0 aliphatic heterocycles. The van der Waals surface area contributed by atoms with E-state index in [0.29, 0.717) is 36.3 Å². The van der Waals surface area contributed by atoms with Crippen LogP contribution in [-0.2, 0) is 14.6 Å². The van der Waals surface area contributed by atoms with E-state index in [4.69, 9.17) is 9.15 Å². The first-order valence-electron chi connectivity index (χ1n) is 6.24. The number of hydrogen-bond donors (Lipinski definition) is 0. The number of furan rings is 1. The number of ether oxygens (including phenoxy) is 1. The zero-order chi connectivity index (χ0) is 14.2. The Balaban J connectivity index is 2.00. The van der Waals surface area contributed by atoms with Gasteiger partial charge in [-0.2, -0.15) is 0 Å². The van der Waals surface area contributed by atoms with Crippen molar-refractivity contribution in [1.29, 1.82) is 0 Å². The van der Waals surface area contributed by atoms with Gasteiger partial charge in [0.25, 0.3) is 0 Å². The fourth-order valence-electron chi connectivity index (χ4n) is 2.44. The summed E-state index contributed by atoms with van der Waals surface area (Å²) in [5, 5.41) is -0.391. The fraction of sp³-hybridized carbons (Fsp3) is 0.615. The number of carbonyl (C=O) groups is 1. The van der Waals surface area contributed by atoms with Crippen LogP contribution in [-0.4, -0.2) is 32.0 Å². The molecule has 0 bridgehead atoms. The third-order valence-corrected chi connectivity index (χ3v) is 5.12. The smallest absolute Gasteiger partial charge is 0.341 e. The third kappa shape index (κ3) is 3.18. The van der Waals surface area contributed by atoms with Crippen molar-refractivity contribution < 1.29 is 22.4 Å². The number of carbonyl (C=O) groups excluding carboxylic acids is 1. The molecule has 1 aromatic heterocycles. The zero-order valence-electron chi connectivity index (χ0n) is 11.3. The first kappa shape index (κ1) is 14.1. The Kier molecular flexibility index (Phi) is 3.71. The van der Waals surface area contributed by atoms with Gasteiger partial charge in [0.1, 0.15) is 33.0 Å². The van der Waals surface area contributed by atoms with Crippen molar-refractivity contribution in [1.82, 2.24) is 0 Å². The summed E-state index contributed by atoms with van der Waals surface area (Å²) < 4.78 is 33.5. The largest absolute Gasteiger partial charge is 0.466 e. The van der Waals surface area contributed by atoms with Gasteiger partial charge >= 0.3 is 5.97 Å². The van der Waals surface area contributed by atoms with Crippen LogP contribution in [0.1, 0.15) is 41.1 Å². The Hall–Kier alpha value is -1.30. The molecule has 1 fully saturated rings. The fourth-order valence-corrected chi connectivity index (χ4v) is 3.57. The van der Waals surface area contributed by atoms with Gasteiger partial charge in [-0.1, -0.05) is 0 Å². The molecule has 19 heavy (non-hydrogen) atoms. The van der Waals surface area contributed by atoms with Crippen molar-refractivity contribution in [2.75, 3.05) is 6.26 Å². The molecular formula is C13H18O5S. The van der Waals surface area contributed by atoms with Crippen LogP contribution in [0.15, 0.2) is 10.5 Å². The minimum absolute atomic E-state index is 0.318. The summed E-state index contributed by atoms with van der Waals surface area (Å²) in [5.74, 6) is 0.749. The van der Waals surface area contributed by atoms with E-state index in [2.05, 4.69) is 0 Å². The van der Waals surface area contributed by atoms with Crippen molar-refractivity contribution in [3.63, 3.8) is 0 Å². The van der Waals surface area contributed by atoms with E-state index in [1.54, 1.807) is 19.9 Å². The van der Waals surface area contributed by atoms with Crippen molar-refractivity contribution in [3.8, 4) is 0 Å². The molecule has 0 amide bonds. The molecule has 6 heteroatoms. The van der Waals surface area contributed by atoms with Crippen LogP contribution in [0, 0.1) is 13.8 Å². The molecule has 1 aromatic rings. The lowest BCUT2D eigenvalue weighted by Crippen LogP contribution is -2.20. The van der Waals surface area contributed by atoms with Gasteiger partial charge < -0.3 is 9.15 Å². The molecule has 0 radical (unpaired) electrons. The zero-order valence-corrected chi connectivity index (χ0v) is 12.1. The van der Waals surface area contributed by atoms with Crippen LogP contribution in [0.25, 0.3) is 0 Å². The Bertz CT molecular complexity index is 584. The molecule has 2 rings (SSSR count). The van der Waals surface area contributed by atoms with Crippen LogP contribution >= 0.6 is 0 Å². The van der Waals surface area contributed by atoms with E-state index in [1.165, 1.54) is 6.26 Å². The van der Waals surface area contributed by atoms with Crippen LogP contribution < -0.4 is 0 Å². The minimum atomic E-state index is -3.05. The lowest BCUT2D eigenvalue weighted by molar-refractivity contribution is 0.0316. The quantitative estimate of drug-likeness (QED) is 0.795. The topological polar surface area (TPSA) is 73.6 Å². The molecule has 0 unspecified atom stereocenters. The summed E-state index contributed by atoms with van der Waals surface area (Å²) in [5.41, 5.74) is 0.417. The lowest BCUT2D eigenvalue weighted by Gasteiger charge is -2.11. The maximum atomic E-state index is 12.0. The number of aryl methyl sites for hydroxylation is 2. The highest BCUT2D eigenvalue weighted by atomic mass is 32.2. The summed E-state index contributed by atoms with van der Waals surface area (Å²) in [6.07, 6.45) is 2.45. The van der Waals surface area contributed by atoms with Crippen molar-refractivity contribution in [2.45, 2.75) is 44.5 Å². The molecule has 0 spiro atoms. The van der Waals surface area contributed by atoms with Gasteiger partial charge in [-0.15, -0.1) is 0 Å². The van der Waals surface area contributed by atoms with E-state index in [0.717, 1.165) is 0 Å². The van der Waals surface area contributed by atoms with Gasteiger partial charge in [-0.05, 0) is 32.8 Å². The molecule has 2 atom stereocenters. The minimum Gasteiger partial charge on any atom is -0.466 e. The van der Waals surface area contributed by atoms with Gasteiger partial charge in [-0.3, -0.25) is 0 Å². The number of rotatable bonds is 3. The average Bonchev–Trinajstić information content (AvgIpc) is 2.84. The SMILES string of the molecule is Cc1cc(C(=O)O[C@@H]2CC[C@H](S(C)(=O)=O)C2)c(C)o1. The van der Waals surface area contributed by atoms with Gasteiger partial charge in [0.15, 0.2) is 0 Å². The second-order valence-electron chi connectivity index (χ2n) is 5.12. The standard InChI is InChI=1S/C13H18O5S/c1-8-6-12(9(2)17-8)13(14)18-10-4-5-11(7-10)19(3,15)16/h6,10-11H,4-5,7H2,1-3H3/t10-,11+/m1/s1. The van der Waals surface area contributed by atoms with Gasteiger partial charge in [-0.25, -0.2) is 13.2 Å². The monoisotopic (exact) mass is 286 g/mol. The van der Waals surface area contributed by atoms with Crippen LogP contribution in [0.5, 0.6) is 0 Å². The molecule has 1 heterocycles. The van der Waals surface area contributed by atoms with Crippen molar-refractivity contribution in [3.05, 3.63) is 23.2 Å². The summed E-state index contributed by atoms with van der Waals surface area (Å²) >= 11 is 0. The second kappa shape index (κ2) is 5.00. The first-order valence-corrected chi connectivity index (χ1v) is 8.19. The lowest BCUT2D eigenvalue weighted by atomic mass is 10.2.